The fraction of sp³-hybridized carbons (Fsp3) is 0.364. The number of hydrogen-bond acceptors (Lipinski definition) is 12. The predicted molar refractivity (Wildman–Crippen MR) is 223 cm³/mol. The summed E-state index contributed by atoms with van der Waals surface area (Å²) in [6.45, 7) is 5.95. The molecule has 0 saturated carbocycles. The summed E-state index contributed by atoms with van der Waals surface area (Å²) in [6.07, 6.45) is 4.06. The van der Waals surface area contributed by atoms with E-state index in [2.05, 4.69) is 36.5 Å². The summed E-state index contributed by atoms with van der Waals surface area (Å²) in [5.41, 5.74) is 4.98. The molecule has 2 N–H and O–H groups in total. The average Bonchev–Trinajstić information content (AvgIpc) is 3.50. The molecule has 3 fully saturated rings. The van der Waals surface area contributed by atoms with E-state index in [0.717, 1.165) is 71.8 Å². The molecule has 5 aliphatic heterocycles. The zero-order chi connectivity index (χ0) is 42.4. The van der Waals surface area contributed by atoms with E-state index in [-0.39, 0.29) is 35.6 Å². The molecule has 0 aliphatic carbocycles. The van der Waals surface area contributed by atoms with E-state index >= 15 is 4.39 Å². The second kappa shape index (κ2) is 16.5. The quantitative estimate of drug-likeness (QED) is 0.238. The van der Waals surface area contributed by atoms with Crippen molar-refractivity contribution < 1.29 is 28.4 Å². The molecule has 312 valence electrons. The number of carbonyl (C=O) groups excluding carboxylic acids is 5. The summed E-state index contributed by atoms with van der Waals surface area (Å²) in [4.78, 5) is 82.3. The van der Waals surface area contributed by atoms with Crippen LogP contribution in [0.4, 0.5) is 27.3 Å². The van der Waals surface area contributed by atoms with Crippen LogP contribution in [-0.4, -0.2) is 113 Å². The molecular weight excluding hydrogens is 803 g/mol. The van der Waals surface area contributed by atoms with Crippen molar-refractivity contribution >= 4 is 64.0 Å². The minimum Gasteiger partial charge on any atom is -0.367 e. The summed E-state index contributed by atoms with van der Waals surface area (Å²) in [5, 5.41) is 15.2. The van der Waals surface area contributed by atoms with Gasteiger partial charge in [0.25, 0.3) is 17.7 Å². The molecule has 3 aromatic carbocycles. The number of imide groups is 2. The highest BCUT2D eigenvalue weighted by Crippen LogP contribution is 2.34. The maximum absolute atomic E-state index is 15.5. The van der Waals surface area contributed by atoms with Crippen LogP contribution >= 0.6 is 11.6 Å². The molecule has 1 unspecified atom stereocenters. The lowest BCUT2D eigenvalue weighted by molar-refractivity contribution is -0.136. The Kier molecular flexibility index (Phi) is 10.8. The molecule has 6 heterocycles. The van der Waals surface area contributed by atoms with Crippen molar-refractivity contribution in [3.8, 4) is 6.07 Å². The molecule has 4 aromatic rings. The molecular formula is C44H42ClFN10O5. The number of halogens is 2. The van der Waals surface area contributed by atoms with E-state index in [1.807, 2.05) is 46.2 Å². The molecule has 0 bridgehead atoms. The first-order valence-corrected chi connectivity index (χ1v) is 20.9. The predicted octanol–water partition coefficient (Wildman–Crippen LogP) is 4.52. The molecule has 5 amide bonds. The zero-order valence-corrected chi connectivity index (χ0v) is 34.0. The normalized spacial score (nSPS) is 19.7. The highest BCUT2D eigenvalue weighted by molar-refractivity contribution is 6.32. The van der Waals surface area contributed by atoms with Gasteiger partial charge in [-0.1, -0.05) is 11.6 Å². The third-order valence-corrected chi connectivity index (χ3v) is 12.8. The SMILES string of the molecule is N#Cc1ccc(N2CCc3c(ncnc3Nc3ccc(C(=O)N4CCC(CN5CCN(c6cc7c(cc6F)C(=O)N(C6CCC(=O)NC6=O)C7=O)CC5)CC4)cc3)C2)cc1Cl. The first-order valence-electron chi connectivity index (χ1n) is 20.5. The van der Waals surface area contributed by atoms with Gasteiger partial charge in [0.2, 0.25) is 11.8 Å². The van der Waals surface area contributed by atoms with E-state index in [1.165, 1.54) is 6.07 Å². The monoisotopic (exact) mass is 844 g/mol. The van der Waals surface area contributed by atoms with E-state index in [4.69, 9.17) is 11.6 Å². The lowest BCUT2D eigenvalue weighted by Gasteiger charge is -2.39. The molecule has 15 nitrogen and oxygen atoms in total. The van der Waals surface area contributed by atoms with Crippen LogP contribution in [0.15, 0.2) is 60.9 Å². The Labute approximate surface area is 356 Å². The van der Waals surface area contributed by atoms with Crippen LogP contribution < -0.4 is 20.4 Å². The van der Waals surface area contributed by atoms with Crippen LogP contribution in [0.5, 0.6) is 0 Å². The Morgan fingerprint density at radius 2 is 1.61 bits per heavy atom. The van der Waals surface area contributed by atoms with Crippen molar-refractivity contribution in [2.24, 2.45) is 5.92 Å². The van der Waals surface area contributed by atoms with Crippen molar-refractivity contribution in [1.29, 1.82) is 5.26 Å². The number of anilines is 4. The van der Waals surface area contributed by atoms with E-state index < -0.39 is 35.5 Å². The largest absolute Gasteiger partial charge is 0.367 e. The molecule has 1 aromatic heterocycles. The maximum Gasteiger partial charge on any atom is 0.262 e. The summed E-state index contributed by atoms with van der Waals surface area (Å²) >= 11 is 6.29. The van der Waals surface area contributed by atoms with Crippen molar-refractivity contribution in [2.75, 3.05) is 67.5 Å². The van der Waals surface area contributed by atoms with Crippen LogP contribution in [0.1, 0.15) is 73.6 Å². The Morgan fingerprint density at radius 3 is 2.31 bits per heavy atom. The van der Waals surface area contributed by atoms with Gasteiger partial charge in [0.15, 0.2) is 0 Å². The molecule has 0 radical (unpaired) electrons. The van der Waals surface area contributed by atoms with Crippen molar-refractivity contribution in [1.82, 2.24) is 30.0 Å². The first-order chi connectivity index (χ1) is 29.5. The number of hydrogen-bond donors (Lipinski definition) is 2. The number of piperazine rings is 1. The summed E-state index contributed by atoms with van der Waals surface area (Å²) in [6, 6.07) is 16.4. The third kappa shape index (κ3) is 7.86. The van der Waals surface area contributed by atoms with Gasteiger partial charge in [0.1, 0.15) is 30.1 Å². The van der Waals surface area contributed by atoms with Crippen LogP contribution in [0.25, 0.3) is 0 Å². The number of nitrogens with one attached hydrogen (secondary N) is 2. The summed E-state index contributed by atoms with van der Waals surface area (Å²) in [5.74, 6) is -2.02. The minimum absolute atomic E-state index is 0.00203. The maximum atomic E-state index is 15.5. The minimum atomic E-state index is -1.11. The molecule has 1 atom stereocenters. The van der Waals surface area contributed by atoms with Crippen molar-refractivity contribution in [2.45, 2.75) is 44.7 Å². The molecule has 5 aliphatic rings. The number of rotatable bonds is 8. The standard InChI is InChI=1S/C44H42ClFN10O5/c45-34-19-30(6-3-28(34)22-47)55-14-11-31-36(24-55)48-25-49-40(31)50-29-4-1-27(2-5-29)42(59)54-12-9-26(10-13-54)23-52-15-17-53(18-16-52)38-21-33-32(20-35(38)46)43(60)56(44(33)61)37-7-8-39(57)51-41(37)58/h1-6,19-21,25-26,37H,7-18,23-24H2,(H,48,49,50)(H,51,57,58). The van der Waals surface area contributed by atoms with Gasteiger partial charge in [-0.2, -0.15) is 5.26 Å². The number of carbonyl (C=O) groups is 5. The van der Waals surface area contributed by atoms with Crippen LogP contribution in [-0.2, 0) is 22.6 Å². The topological polar surface area (TPSA) is 175 Å². The molecule has 0 spiro atoms. The van der Waals surface area contributed by atoms with Gasteiger partial charge in [-0.15, -0.1) is 0 Å². The number of benzene rings is 3. The lowest BCUT2D eigenvalue weighted by Crippen LogP contribution is -2.54. The number of fused-ring (bicyclic) bond motifs is 2. The number of likely N-dealkylation sites (tertiary alicyclic amines) is 1. The Bertz CT molecular complexity index is 2500. The van der Waals surface area contributed by atoms with Gasteiger partial charge >= 0.3 is 0 Å². The molecule has 3 saturated heterocycles. The van der Waals surface area contributed by atoms with Crippen molar-refractivity contribution in [3.05, 3.63) is 105 Å². The highest BCUT2D eigenvalue weighted by Gasteiger charge is 2.45. The number of nitriles is 1. The van der Waals surface area contributed by atoms with Crippen LogP contribution in [0.2, 0.25) is 5.02 Å². The molecule has 9 rings (SSSR count). The second-order valence-electron chi connectivity index (χ2n) is 16.1. The highest BCUT2D eigenvalue weighted by atomic mass is 35.5. The van der Waals surface area contributed by atoms with Crippen LogP contribution in [0.3, 0.4) is 0 Å². The summed E-state index contributed by atoms with van der Waals surface area (Å²) in [7, 11) is 0. The number of nitrogens with zero attached hydrogens (tertiary/aromatic N) is 8. The Balaban J connectivity index is 0.745. The second-order valence-corrected chi connectivity index (χ2v) is 16.5. The number of aromatic nitrogens is 2. The van der Waals surface area contributed by atoms with Gasteiger partial charge in [0, 0.05) is 81.3 Å². The smallest absolute Gasteiger partial charge is 0.262 e. The van der Waals surface area contributed by atoms with Gasteiger partial charge in [-0.3, -0.25) is 39.1 Å². The number of amides is 5. The molecule has 61 heavy (non-hydrogen) atoms. The fourth-order valence-electron chi connectivity index (χ4n) is 9.07. The fourth-order valence-corrected chi connectivity index (χ4v) is 9.28. The van der Waals surface area contributed by atoms with Crippen molar-refractivity contribution in [3.63, 3.8) is 0 Å². The van der Waals surface area contributed by atoms with Gasteiger partial charge in [-0.05, 0) is 86.2 Å². The van der Waals surface area contributed by atoms with E-state index in [9.17, 15) is 29.2 Å². The van der Waals surface area contributed by atoms with Crippen LogP contribution in [0, 0.1) is 23.1 Å². The van der Waals surface area contributed by atoms with Gasteiger partial charge in [-0.25, -0.2) is 14.4 Å². The third-order valence-electron chi connectivity index (χ3n) is 12.5. The Morgan fingerprint density at radius 1 is 0.869 bits per heavy atom. The lowest BCUT2D eigenvalue weighted by atomic mass is 9.95. The van der Waals surface area contributed by atoms with E-state index in [0.29, 0.717) is 67.9 Å². The average molecular weight is 845 g/mol. The van der Waals surface area contributed by atoms with Gasteiger partial charge in [0.05, 0.1) is 39.6 Å². The Hall–Kier alpha value is -6.44. The number of piperidine rings is 2. The summed E-state index contributed by atoms with van der Waals surface area (Å²) < 4.78 is 15.5. The zero-order valence-electron chi connectivity index (χ0n) is 33.2. The molecule has 17 heteroatoms. The van der Waals surface area contributed by atoms with Gasteiger partial charge < -0.3 is 20.0 Å². The first kappa shape index (κ1) is 40.0. The van der Waals surface area contributed by atoms with E-state index in [1.54, 1.807) is 12.4 Å².